The normalized spacial score (nSPS) is 15.1. The van der Waals surface area contributed by atoms with Crippen molar-refractivity contribution < 1.29 is 18.9 Å². The first-order chi connectivity index (χ1) is 15.6. The molecule has 1 aliphatic heterocycles. The van der Waals surface area contributed by atoms with Crippen LogP contribution in [0.3, 0.4) is 0 Å². The second kappa shape index (κ2) is 12.1. The zero-order valence-corrected chi connectivity index (χ0v) is 19.4. The fraction of sp³-hybridized carbons (Fsp3) is 0.500. The van der Waals surface area contributed by atoms with E-state index in [-0.39, 0.29) is 6.10 Å². The lowest BCUT2D eigenvalue weighted by Gasteiger charge is -2.15. The Bertz CT molecular complexity index is 904. The van der Waals surface area contributed by atoms with Gasteiger partial charge in [-0.15, -0.1) is 0 Å². The van der Waals surface area contributed by atoms with Gasteiger partial charge in [-0.25, -0.2) is 9.98 Å². The minimum atomic E-state index is 0.192. The van der Waals surface area contributed by atoms with Crippen LogP contribution in [0.4, 0.5) is 0 Å². The summed E-state index contributed by atoms with van der Waals surface area (Å²) in [4.78, 5) is 9.10. The van der Waals surface area contributed by atoms with Crippen molar-refractivity contribution in [1.29, 1.82) is 0 Å². The van der Waals surface area contributed by atoms with E-state index in [0.29, 0.717) is 44.7 Å². The van der Waals surface area contributed by atoms with Crippen LogP contribution in [-0.2, 0) is 24.2 Å². The molecule has 2 N–H and O–H groups in total. The smallest absolute Gasteiger partial charge is 0.218 e. The summed E-state index contributed by atoms with van der Waals surface area (Å²) in [6, 6.07) is 8.02. The highest BCUT2D eigenvalue weighted by molar-refractivity contribution is 5.79. The van der Waals surface area contributed by atoms with Gasteiger partial charge in [0.05, 0.1) is 19.8 Å². The minimum Gasteiger partial charge on any atom is -0.494 e. The summed E-state index contributed by atoms with van der Waals surface area (Å²) >= 11 is 0. The van der Waals surface area contributed by atoms with Gasteiger partial charge in [-0.3, -0.25) is 0 Å². The number of hydrogen-bond donors (Lipinski definition) is 2. The molecule has 3 rings (SSSR count). The molecule has 2 aromatic rings. The quantitative estimate of drug-likeness (QED) is 0.314. The van der Waals surface area contributed by atoms with Gasteiger partial charge in [-0.2, -0.15) is 0 Å². The molecule has 0 saturated heterocycles. The molecule has 0 bridgehead atoms. The van der Waals surface area contributed by atoms with E-state index in [2.05, 4.69) is 34.7 Å². The third-order valence-corrected chi connectivity index (χ3v) is 4.95. The van der Waals surface area contributed by atoms with Crippen molar-refractivity contribution in [3.8, 4) is 17.4 Å². The van der Waals surface area contributed by atoms with E-state index in [4.69, 9.17) is 23.9 Å². The van der Waals surface area contributed by atoms with Gasteiger partial charge in [0, 0.05) is 49.5 Å². The second-order valence-electron chi connectivity index (χ2n) is 7.49. The molecule has 8 nitrogen and oxygen atoms in total. The van der Waals surface area contributed by atoms with Crippen molar-refractivity contribution in [3.63, 3.8) is 0 Å². The van der Waals surface area contributed by atoms with Crippen LogP contribution in [0, 0.1) is 0 Å². The average molecular weight is 443 g/mol. The highest BCUT2D eigenvalue weighted by atomic mass is 16.5. The van der Waals surface area contributed by atoms with Gasteiger partial charge in [-0.1, -0.05) is 6.07 Å². The van der Waals surface area contributed by atoms with Crippen LogP contribution in [0.2, 0.25) is 0 Å². The van der Waals surface area contributed by atoms with Crippen LogP contribution in [0.25, 0.3) is 0 Å². The summed E-state index contributed by atoms with van der Waals surface area (Å²) in [6.45, 7) is 9.44. The van der Waals surface area contributed by atoms with E-state index >= 15 is 0 Å². The topological polar surface area (TPSA) is 86.2 Å². The summed E-state index contributed by atoms with van der Waals surface area (Å²) in [5.74, 6) is 3.09. The molecule has 1 atom stereocenters. The Morgan fingerprint density at radius 1 is 1.19 bits per heavy atom. The lowest BCUT2D eigenvalue weighted by Crippen LogP contribution is -2.37. The first-order valence-corrected chi connectivity index (χ1v) is 11.2. The number of aromatic nitrogens is 1. The highest BCUT2D eigenvalue weighted by Crippen LogP contribution is 2.35. The maximum absolute atomic E-state index is 5.93. The van der Waals surface area contributed by atoms with Crippen molar-refractivity contribution >= 4 is 5.96 Å². The standard InChI is InChI=1S/C24H34N4O4/c1-5-25-24(27-15-18-8-7-9-26-23(18)31-11-10-29-4)28-16-20-14-22-19(12-17(3)32-22)13-21(20)30-6-2/h7-9,13-14,17H,5-6,10-12,15-16H2,1-4H3,(H2,25,27,28). The third-order valence-electron chi connectivity index (χ3n) is 4.95. The Kier molecular flexibility index (Phi) is 8.98. The first-order valence-electron chi connectivity index (χ1n) is 11.2. The van der Waals surface area contributed by atoms with Gasteiger partial charge in [-0.05, 0) is 39.0 Å². The summed E-state index contributed by atoms with van der Waals surface area (Å²) < 4.78 is 22.6. The molecule has 0 saturated carbocycles. The molecule has 1 aromatic carbocycles. The number of rotatable bonds is 11. The Hall–Kier alpha value is -3.00. The molecule has 1 unspecified atom stereocenters. The van der Waals surface area contributed by atoms with Crippen LogP contribution >= 0.6 is 0 Å². The highest BCUT2D eigenvalue weighted by Gasteiger charge is 2.21. The Morgan fingerprint density at radius 2 is 2.06 bits per heavy atom. The number of hydrogen-bond acceptors (Lipinski definition) is 6. The molecule has 0 amide bonds. The van der Waals surface area contributed by atoms with E-state index in [1.165, 1.54) is 5.56 Å². The number of nitrogens with zero attached hydrogens (tertiary/aromatic N) is 2. The predicted octanol–water partition coefficient (Wildman–Crippen LogP) is 3.08. The molecule has 32 heavy (non-hydrogen) atoms. The van der Waals surface area contributed by atoms with Gasteiger partial charge in [0.25, 0.3) is 0 Å². The number of fused-ring (bicyclic) bond motifs is 1. The van der Waals surface area contributed by atoms with Gasteiger partial charge < -0.3 is 29.6 Å². The number of pyridine rings is 1. The molecule has 0 spiro atoms. The van der Waals surface area contributed by atoms with Gasteiger partial charge >= 0.3 is 0 Å². The van der Waals surface area contributed by atoms with Crippen LogP contribution in [0.15, 0.2) is 35.5 Å². The van der Waals surface area contributed by atoms with E-state index in [9.17, 15) is 0 Å². The Labute approximate surface area is 190 Å². The van der Waals surface area contributed by atoms with Crippen LogP contribution in [0.5, 0.6) is 17.4 Å². The Morgan fingerprint density at radius 3 is 2.84 bits per heavy atom. The van der Waals surface area contributed by atoms with Crippen LogP contribution in [0.1, 0.15) is 37.5 Å². The molecular formula is C24H34N4O4. The monoisotopic (exact) mass is 442 g/mol. The molecule has 174 valence electrons. The number of methoxy groups -OCH3 is 1. The fourth-order valence-electron chi connectivity index (χ4n) is 3.49. The number of benzene rings is 1. The molecular weight excluding hydrogens is 408 g/mol. The largest absolute Gasteiger partial charge is 0.494 e. The summed E-state index contributed by atoms with van der Waals surface area (Å²) in [6.07, 6.45) is 2.82. The van der Waals surface area contributed by atoms with E-state index in [0.717, 1.165) is 35.6 Å². The second-order valence-corrected chi connectivity index (χ2v) is 7.49. The number of guanidine groups is 1. The number of ether oxygens (including phenoxy) is 4. The van der Waals surface area contributed by atoms with Gasteiger partial charge in [0.15, 0.2) is 5.96 Å². The summed E-state index contributed by atoms with van der Waals surface area (Å²) in [5, 5.41) is 6.66. The molecule has 2 heterocycles. The zero-order chi connectivity index (χ0) is 22.8. The zero-order valence-electron chi connectivity index (χ0n) is 19.4. The first kappa shape index (κ1) is 23.7. The molecule has 0 fully saturated rings. The molecule has 8 heteroatoms. The predicted molar refractivity (Wildman–Crippen MR) is 125 cm³/mol. The molecule has 0 radical (unpaired) electrons. The maximum atomic E-state index is 5.93. The molecule has 0 aliphatic carbocycles. The van der Waals surface area contributed by atoms with Crippen molar-refractivity contribution in [2.75, 3.05) is 33.5 Å². The van der Waals surface area contributed by atoms with E-state index < -0.39 is 0 Å². The van der Waals surface area contributed by atoms with Crippen LogP contribution in [-0.4, -0.2) is 50.5 Å². The fourth-order valence-corrected chi connectivity index (χ4v) is 3.49. The summed E-state index contributed by atoms with van der Waals surface area (Å²) in [7, 11) is 1.65. The SMILES string of the molecule is CCNC(=NCc1cc2c(cc1OCC)CC(C)O2)NCc1cccnc1OCCOC. The van der Waals surface area contributed by atoms with Crippen molar-refractivity contribution in [2.45, 2.75) is 46.4 Å². The lowest BCUT2D eigenvalue weighted by atomic mass is 10.1. The maximum Gasteiger partial charge on any atom is 0.218 e. The van der Waals surface area contributed by atoms with E-state index in [1.54, 1.807) is 13.3 Å². The minimum absolute atomic E-state index is 0.192. The molecule has 1 aliphatic rings. The van der Waals surface area contributed by atoms with Crippen LogP contribution < -0.4 is 24.8 Å². The molecule has 1 aromatic heterocycles. The number of nitrogens with one attached hydrogen (secondary N) is 2. The average Bonchev–Trinajstić information content (AvgIpc) is 3.15. The third kappa shape index (κ3) is 6.50. The van der Waals surface area contributed by atoms with Gasteiger partial charge in [0.1, 0.15) is 24.2 Å². The van der Waals surface area contributed by atoms with Crippen molar-refractivity contribution in [1.82, 2.24) is 15.6 Å². The number of aliphatic imine (C=N–C) groups is 1. The van der Waals surface area contributed by atoms with Crippen molar-refractivity contribution in [2.24, 2.45) is 4.99 Å². The Balaban J connectivity index is 1.70. The van der Waals surface area contributed by atoms with Gasteiger partial charge in [0.2, 0.25) is 5.88 Å². The lowest BCUT2D eigenvalue weighted by molar-refractivity contribution is 0.143. The van der Waals surface area contributed by atoms with Crippen molar-refractivity contribution in [3.05, 3.63) is 47.2 Å². The summed E-state index contributed by atoms with van der Waals surface area (Å²) in [5.41, 5.74) is 3.14. The van der Waals surface area contributed by atoms with E-state index in [1.807, 2.05) is 26.0 Å².